The average Bonchev–Trinajstić information content (AvgIpc) is 3.11. The maximum atomic E-state index is 15.2. The molecule has 0 fully saturated rings. The molecule has 4 heterocycles. The minimum atomic E-state index is -3.43. The molecule has 0 saturated carbocycles. The Hall–Kier alpha value is -2.49. The number of nitrogens with zero attached hydrogens (tertiary/aromatic N) is 4. The number of alkyl halides is 6. The highest BCUT2D eigenvalue weighted by Crippen LogP contribution is 2.43. The summed E-state index contributed by atoms with van der Waals surface area (Å²) in [5.41, 5.74) is -3.45. The molecule has 0 saturated heterocycles. The Bertz CT molecular complexity index is 1090. The van der Waals surface area contributed by atoms with Gasteiger partial charge in [-0.25, -0.2) is 22.0 Å². The quantitative estimate of drug-likeness (QED) is 0.359. The maximum absolute atomic E-state index is 15.2. The summed E-state index contributed by atoms with van der Waals surface area (Å²) in [6.07, 6.45) is -7.73. The zero-order valence-corrected chi connectivity index (χ0v) is 18.8. The van der Waals surface area contributed by atoms with Crippen molar-refractivity contribution in [3.63, 3.8) is 0 Å². The van der Waals surface area contributed by atoms with E-state index in [1.165, 1.54) is 4.90 Å². The monoisotopic (exact) mass is 527 g/mol. The highest BCUT2D eigenvalue weighted by atomic mass is 19.3. The number of halogens is 7. The molecule has 200 valence electrons. The van der Waals surface area contributed by atoms with E-state index < -0.39 is 86.2 Å². The number of ether oxygens (including phenoxy) is 1. The normalized spacial score (nSPS) is 22.9. The van der Waals surface area contributed by atoms with Gasteiger partial charge in [-0.15, -0.1) is 0 Å². The predicted octanol–water partition coefficient (Wildman–Crippen LogP) is 3.00. The van der Waals surface area contributed by atoms with E-state index in [-0.39, 0.29) is 25.1 Å². The Labute approximate surface area is 200 Å². The first-order chi connectivity index (χ1) is 16.9. The third-order valence-corrected chi connectivity index (χ3v) is 6.19. The number of aliphatic hydroxyl groups excluding tert-OH is 1. The van der Waals surface area contributed by atoms with Gasteiger partial charge in [0.05, 0.1) is 24.5 Å². The van der Waals surface area contributed by atoms with E-state index in [1.807, 2.05) is 0 Å². The van der Waals surface area contributed by atoms with Crippen molar-refractivity contribution in [2.24, 2.45) is 0 Å². The number of hydrogen-bond donors (Lipinski definition) is 3. The van der Waals surface area contributed by atoms with Crippen LogP contribution in [-0.2, 0) is 30.2 Å². The number of hydrogen-bond acceptors (Lipinski definition) is 7. The van der Waals surface area contributed by atoms with Gasteiger partial charge in [0.2, 0.25) is 0 Å². The second kappa shape index (κ2) is 10.1. The number of nitrogens with one attached hydrogen (secondary N) is 1. The Morgan fingerprint density at radius 2 is 1.94 bits per heavy atom. The fourth-order valence-electron chi connectivity index (χ4n) is 4.46. The molecule has 2 aliphatic heterocycles. The Kier molecular flexibility index (Phi) is 7.46. The molecule has 1 unspecified atom stereocenters. The number of rotatable bonds is 8. The third kappa shape index (κ3) is 5.43. The van der Waals surface area contributed by atoms with Crippen molar-refractivity contribution in [1.29, 1.82) is 0 Å². The van der Waals surface area contributed by atoms with Crippen LogP contribution in [0.15, 0.2) is 12.3 Å². The second-order valence-corrected chi connectivity index (χ2v) is 8.86. The summed E-state index contributed by atoms with van der Waals surface area (Å²) in [4.78, 5) is 4.57. The third-order valence-electron chi connectivity index (χ3n) is 6.19. The topological polar surface area (TPSA) is 95.7 Å². The van der Waals surface area contributed by atoms with Crippen LogP contribution in [0, 0.1) is 5.82 Å². The molecule has 8 nitrogen and oxygen atoms in total. The summed E-state index contributed by atoms with van der Waals surface area (Å²) in [7, 11) is 0. The lowest BCUT2D eigenvalue weighted by molar-refractivity contribution is -0.0927. The summed E-state index contributed by atoms with van der Waals surface area (Å²) >= 11 is 0. The van der Waals surface area contributed by atoms with E-state index >= 15 is 8.78 Å². The molecule has 2 aromatic rings. The first kappa shape index (κ1) is 26.6. The van der Waals surface area contributed by atoms with E-state index in [1.54, 1.807) is 0 Å². The van der Waals surface area contributed by atoms with Gasteiger partial charge in [0.25, 0.3) is 18.8 Å². The summed E-state index contributed by atoms with van der Waals surface area (Å²) in [6, 6.07) is 1.05. The Morgan fingerprint density at radius 3 is 2.64 bits per heavy atom. The van der Waals surface area contributed by atoms with Gasteiger partial charge in [-0.05, 0) is 12.5 Å². The SMILES string of the molecule is OC(Nc1ccnc(C(F)F)c1F)N1CCc2nn3c(c2C1)C(F)(F)CC[C@](O)(COCC(F)F)C3. The van der Waals surface area contributed by atoms with Crippen LogP contribution in [0.25, 0.3) is 0 Å². The molecule has 2 aromatic heterocycles. The summed E-state index contributed by atoms with van der Waals surface area (Å²) < 4.78 is 101. The highest BCUT2D eigenvalue weighted by Gasteiger charge is 2.47. The molecule has 2 aliphatic rings. The lowest BCUT2D eigenvalue weighted by atomic mass is 9.95. The molecule has 2 atom stereocenters. The Morgan fingerprint density at radius 1 is 1.19 bits per heavy atom. The van der Waals surface area contributed by atoms with Crippen LogP contribution in [0.1, 0.15) is 41.9 Å². The van der Waals surface area contributed by atoms with E-state index in [9.17, 15) is 32.2 Å². The number of anilines is 1. The van der Waals surface area contributed by atoms with Crippen LogP contribution in [-0.4, -0.2) is 68.0 Å². The van der Waals surface area contributed by atoms with Crippen molar-refractivity contribution >= 4 is 5.69 Å². The van der Waals surface area contributed by atoms with Crippen molar-refractivity contribution in [2.75, 3.05) is 25.1 Å². The fourth-order valence-corrected chi connectivity index (χ4v) is 4.46. The zero-order valence-electron chi connectivity index (χ0n) is 18.8. The first-order valence-electron chi connectivity index (χ1n) is 11.1. The van der Waals surface area contributed by atoms with Gasteiger partial charge in [0, 0.05) is 37.7 Å². The van der Waals surface area contributed by atoms with E-state index in [0.29, 0.717) is 5.69 Å². The molecular weight excluding hydrogens is 503 g/mol. The van der Waals surface area contributed by atoms with Crippen LogP contribution in [0.3, 0.4) is 0 Å². The molecule has 36 heavy (non-hydrogen) atoms. The highest BCUT2D eigenvalue weighted by molar-refractivity contribution is 5.46. The standard InChI is InChI=1S/C21H24F7N5O3/c22-14(23)8-36-10-20(35)3-4-21(27,28)17-11-7-32(6-2-12(11)31-33(17)9-20)19(34)30-13-1-5-29-16(15(13)24)18(25)26/h1,5,14,18-19,34-35H,2-4,6-10H2,(H,29,30)/t19?,20-/m1/s1. The van der Waals surface area contributed by atoms with Gasteiger partial charge in [0.15, 0.2) is 12.2 Å². The molecule has 0 bridgehead atoms. The summed E-state index contributed by atoms with van der Waals surface area (Å²) in [5, 5.41) is 27.9. The zero-order chi connectivity index (χ0) is 26.3. The summed E-state index contributed by atoms with van der Waals surface area (Å²) in [6.45, 7) is -2.06. The molecule has 0 amide bonds. The molecule has 0 spiro atoms. The molecule has 0 radical (unpaired) electrons. The minimum absolute atomic E-state index is 0.105. The van der Waals surface area contributed by atoms with Crippen molar-refractivity contribution in [2.45, 2.75) is 63.1 Å². The van der Waals surface area contributed by atoms with E-state index in [2.05, 4.69) is 15.4 Å². The van der Waals surface area contributed by atoms with Crippen molar-refractivity contribution in [1.82, 2.24) is 19.7 Å². The molecular formula is C21H24F7N5O3. The van der Waals surface area contributed by atoms with Crippen LogP contribution in [0.5, 0.6) is 0 Å². The van der Waals surface area contributed by atoms with Crippen LogP contribution < -0.4 is 5.32 Å². The van der Waals surface area contributed by atoms with Crippen molar-refractivity contribution in [3.05, 3.63) is 40.7 Å². The molecule has 0 aromatic carbocycles. The average molecular weight is 527 g/mol. The van der Waals surface area contributed by atoms with Gasteiger partial charge < -0.3 is 20.3 Å². The van der Waals surface area contributed by atoms with Crippen LogP contribution >= 0.6 is 0 Å². The van der Waals surface area contributed by atoms with Crippen LogP contribution in [0.2, 0.25) is 0 Å². The van der Waals surface area contributed by atoms with E-state index in [0.717, 1.165) is 16.9 Å². The van der Waals surface area contributed by atoms with Gasteiger partial charge in [-0.2, -0.15) is 13.9 Å². The lowest BCUT2D eigenvalue weighted by Gasteiger charge is -2.32. The molecule has 4 rings (SSSR count). The predicted molar refractivity (Wildman–Crippen MR) is 110 cm³/mol. The fraction of sp³-hybridized carbons (Fsp3) is 0.619. The first-order valence-corrected chi connectivity index (χ1v) is 11.1. The van der Waals surface area contributed by atoms with Crippen molar-refractivity contribution < 1.29 is 45.7 Å². The lowest BCUT2D eigenvalue weighted by Crippen LogP contribution is -2.44. The number of pyridine rings is 1. The van der Waals surface area contributed by atoms with Crippen LogP contribution in [0.4, 0.5) is 36.4 Å². The number of fused-ring (bicyclic) bond motifs is 3. The largest absolute Gasteiger partial charge is 0.386 e. The van der Waals surface area contributed by atoms with Gasteiger partial charge in [0.1, 0.15) is 23.6 Å². The minimum Gasteiger partial charge on any atom is -0.386 e. The number of aliphatic hydroxyl groups is 2. The smallest absolute Gasteiger partial charge is 0.289 e. The maximum Gasteiger partial charge on any atom is 0.289 e. The van der Waals surface area contributed by atoms with Gasteiger partial charge >= 0.3 is 0 Å². The molecule has 0 aliphatic carbocycles. The van der Waals surface area contributed by atoms with E-state index in [4.69, 9.17) is 4.74 Å². The molecule has 15 heteroatoms. The van der Waals surface area contributed by atoms with Gasteiger partial charge in [-0.1, -0.05) is 0 Å². The Balaban J connectivity index is 1.54. The molecule has 3 N–H and O–H groups in total. The van der Waals surface area contributed by atoms with Crippen molar-refractivity contribution in [3.8, 4) is 0 Å². The second-order valence-electron chi connectivity index (χ2n) is 8.86. The number of aromatic nitrogens is 3. The van der Waals surface area contributed by atoms with Gasteiger partial charge in [-0.3, -0.25) is 14.6 Å². The summed E-state index contributed by atoms with van der Waals surface area (Å²) in [5.74, 6) is -4.78.